The SMILES string of the molecule is CC(C)c1ccc(Nc2nc(NC3CCCN(C(=O)OC(C)(C)C)C3)nnc2C(N)=O)cc1. The van der Waals surface area contributed by atoms with Gasteiger partial charge in [-0.1, -0.05) is 26.0 Å². The average Bonchev–Trinajstić information content (AvgIpc) is 2.73. The fourth-order valence-corrected chi connectivity index (χ4v) is 3.50. The summed E-state index contributed by atoms with van der Waals surface area (Å²) in [6, 6.07) is 7.77. The monoisotopic (exact) mass is 455 g/mol. The molecule has 178 valence electrons. The van der Waals surface area contributed by atoms with Crippen LogP contribution in [-0.2, 0) is 4.74 Å². The van der Waals surface area contributed by atoms with Crippen LogP contribution >= 0.6 is 0 Å². The number of hydrogen-bond acceptors (Lipinski definition) is 8. The van der Waals surface area contributed by atoms with Crippen molar-refractivity contribution in [2.45, 2.75) is 65.0 Å². The smallest absolute Gasteiger partial charge is 0.410 e. The Morgan fingerprint density at radius 1 is 1.18 bits per heavy atom. The normalized spacial score (nSPS) is 16.4. The number of carbonyl (C=O) groups excluding carboxylic acids is 2. The molecule has 1 aliphatic heterocycles. The van der Waals surface area contributed by atoms with Crippen LogP contribution in [0.3, 0.4) is 0 Å². The molecule has 3 rings (SSSR count). The van der Waals surface area contributed by atoms with E-state index in [0.29, 0.717) is 19.0 Å². The number of rotatable bonds is 6. The first-order valence-electron chi connectivity index (χ1n) is 11.2. The highest BCUT2D eigenvalue weighted by atomic mass is 16.6. The number of likely N-dealkylation sites (tertiary alicyclic amines) is 1. The number of anilines is 3. The van der Waals surface area contributed by atoms with Crippen molar-refractivity contribution in [3.8, 4) is 0 Å². The number of benzene rings is 1. The molecule has 1 aliphatic rings. The quantitative estimate of drug-likeness (QED) is 0.601. The Balaban J connectivity index is 1.73. The van der Waals surface area contributed by atoms with Crippen LogP contribution in [0.2, 0.25) is 0 Å². The van der Waals surface area contributed by atoms with Crippen LogP contribution in [0.5, 0.6) is 0 Å². The van der Waals surface area contributed by atoms with Crippen molar-refractivity contribution >= 4 is 29.5 Å². The van der Waals surface area contributed by atoms with E-state index in [1.807, 2.05) is 45.0 Å². The molecule has 0 radical (unpaired) electrons. The molecule has 1 fully saturated rings. The van der Waals surface area contributed by atoms with Gasteiger partial charge in [0, 0.05) is 24.8 Å². The summed E-state index contributed by atoms with van der Waals surface area (Å²) < 4.78 is 5.48. The van der Waals surface area contributed by atoms with Crippen LogP contribution in [0.15, 0.2) is 24.3 Å². The van der Waals surface area contributed by atoms with Gasteiger partial charge in [0.05, 0.1) is 0 Å². The van der Waals surface area contributed by atoms with E-state index >= 15 is 0 Å². The highest BCUT2D eigenvalue weighted by molar-refractivity contribution is 5.96. The molecule has 1 aromatic carbocycles. The lowest BCUT2D eigenvalue weighted by molar-refractivity contribution is 0.0206. The third-order valence-electron chi connectivity index (χ3n) is 5.17. The minimum atomic E-state index is -0.725. The summed E-state index contributed by atoms with van der Waals surface area (Å²) >= 11 is 0. The minimum absolute atomic E-state index is 0.0486. The first-order chi connectivity index (χ1) is 15.5. The molecule has 2 amide bonds. The third kappa shape index (κ3) is 6.77. The van der Waals surface area contributed by atoms with Gasteiger partial charge in [-0.15, -0.1) is 10.2 Å². The first kappa shape index (κ1) is 24.2. The molecule has 33 heavy (non-hydrogen) atoms. The number of nitrogens with two attached hydrogens (primary N) is 1. The van der Waals surface area contributed by atoms with E-state index in [1.54, 1.807) is 4.90 Å². The molecule has 4 N–H and O–H groups in total. The molecule has 1 aromatic heterocycles. The Bertz CT molecular complexity index is 987. The molecular weight excluding hydrogens is 422 g/mol. The number of ether oxygens (including phenoxy) is 1. The lowest BCUT2D eigenvalue weighted by Crippen LogP contribution is -2.47. The van der Waals surface area contributed by atoms with Crippen molar-refractivity contribution in [3.05, 3.63) is 35.5 Å². The maximum atomic E-state index is 12.4. The average molecular weight is 456 g/mol. The molecule has 10 heteroatoms. The van der Waals surface area contributed by atoms with E-state index in [-0.39, 0.29) is 29.6 Å². The van der Waals surface area contributed by atoms with Crippen LogP contribution in [0, 0.1) is 0 Å². The molecule has 1 atom stereocenters. The number of nitrogens with zero attached hydrogens (tertiary/aromatic N) is 4. The number of aromatic nitrogens is 3. The third-order valence-corrected chi connectivity index (χ3v) is 5.17. The van der Waals surface area contributed by atoms with Crippen LogP contribution < -0.4 is 16.4 Å². The number of carbonyl (C=O) groups is 2. The van der Waals surface area contributed by atoms with Gasteiger partial charge in [-0.2, -0.15) is 4.98 Å². The predicted molar refractivity (Wildman–Crippen MR) is 127 cm³/mol. The van der Waals surface area contributed by atoms with Crippen LogP contribution in [0.25, 0.3) is 0 Å². The molecule has 10 nitrogen and oxygen atoms in total. The van der Waals surface area contributed by atoms with Crippen LogP contribution in [0.1, 0.15) is 69.4 Å². The predicted octanol–water partition coefficient (Wildman–Crippen LogP) is 3.65. The Hall–Kier alpha value is -3.43. The number of piperidine rings is 1. The van der Waals surface area contributed by atoms with Crippen LogP contribution in [0.4, 0.5) is 22.2 Å². The first-order valence-corrected chi connectivity index (χ1v) is 11.2. The Labute approximate surface area is 194 Å². The molecule has 1 saturated heterocycles. The van der Waals surface area contributed by atoms with Crippen molar-refractivity contribution < 1.29 is 14.3 Å². The standard InChI is InChI=1S/C23H33N7O3/c1-14(2)15-8-10-16(11-9-15)25-20-18(19(24)31)28-29-21(27-20)26-17-7-6-12-30(13-17)22(32)33-23(3,4)5/h8-11,14,17H,6-7,12-13H2,1-5H3,(H2,24,31)(H2,25,26,27,29). The highest BCUT2D eigenvalue weighted by Crippen LogP contribution is 2.23. The lowest BCUT2D eigenvalue weighted by atomic mass is 10.0. The summed E-state index contributed by atoms with van der Waals surface area (Å²) in [4.78, 5) is 30.4. The second-order valence-corrected chi connectivity index (χ2v) is 9.51. The summed E-state index contributed by atoms with van der Waals surface area (Å²) in [6.07, 6.45) is 1.31. The topological polar surface area (TPSA) is 135 Å². The molecule has 0 saturated carbocycles. The largest absolute Gasteiger partial charge is 0.444 e. The summed E-state index contributed by atoms with van der Waals surface area (Å²) in [6.45, 7) is 10.9. The van der Waals surface area contributed by atoms with Gasteiger partial charge in [0.15, 0.2) is 11.5 Å². The lowest BCUT2D eigenvalue weighted by Gasteiger charge is -2.34. The van der Waals surface area contributed by atoms with Crippen LogP contribution in [-0.4, -0.2) is 56.8 Å². The fourth-order valence-electron chi connectivity index (χ4n) is 3.50. The molecule has 0 bridgehead atoms. The molecule has 2 heterocycles. The maximum absolute atomic E-state index is 12.4. The van der Waals surface area contributed by atoms with Gasteiger partial charge in [0.1, 0.15) is 5.60 Å². The maximum Gasteiger partial charge on any atom is 0.410 e. The Morgan fingerprint density at radius 3 is 2.48 bits per heavy atom. The van der Waals surface area contributed by atoms with Gasteiger partial charge in [-0.05, 0) is 57.2 Å². The van der Waals surface area contributed by atoms with Gasteiger partial charge in [-0.3, -0.25) is 4.79 Å². The van der Waals surface area contributed by atoms with E-state index in [1.165, 1.54) is 5.56 Å². The molecular formula is C23H33N7O3. The Kier molecular flexibility index (Phi) is 7.35. The minimum Gasteiger partial charge on any atom is -0.444 e. The van der Waals surface area contributed by atoms with Crippen molar-refractivity contribution in [1.29, 1.82) is 0 Å². The van der Waals surface area contributed by atoms with Crippen molar-refractivity contribution in [1.82, 2.24) is 20.1 Å². The van der Waals surface area contributed by atoms with E-state index < -0.39 is 11.5 Å². The molecule has 0 aliphatic carbocycles. The number of nitrogens with one attached hydrogen (secondary N) is 2. The zero-order valence-corrected chi connectivity index (χ0v) is 19.9. The molecule has 1 unspecified atom stereocenters. The summed E-state index contributed by atoms with van der Waals surface area (Å²) in [5, 5.41) is 14.3. The van der Waals surface area contributed by atoms with E-state index in [0.717, 1.165) is 18.5 Å². The van der Waals surface area contributed by atoms with Crippen molar-refractivity contribution in [2.75, 3.05) is 23.7 Å². The van der Waals surface area contributed by atoms with E-state index in [9.17, 15) is 9.59 Å². The number of primary amides is 1. The summed E-state index contributed by atoms with van der Waals surface area (Å²) in [5.74, 6) is 0.151. The second kappa shape index (κ2) is 10.0. The van der Waals surface area contributed by atoms with Gasteiger partial charge in [0.2, 0.25) is 5.95 Å². The summed E-state index contributed by atoms with van der Waals surface area (Å²) in [5.41, 5.74) is 6.82. The fraction of sp³-hybridized carbons (Fsp3) is 0.522. The van der Waals surface area contributed by atoms with Gasteiger partial charge in [-0.25, -0.2) is 4.79 Å². The number of hydrogen-bond donors (Lipinski definition) is 3. The highest BCUT2D eigenvalue weighted by Gasteiger charge is 2.28. The van der Waals surface area contributed by atoms with E-state index in [4.69, 9.17) is 10.5 Å². The summed E-state index contributed by atoms with van der Waals surface area (Å²) in [7, 11) is 0. The van der Waals surface area contributed by atoms with E-state index in [2.05, 4.69) is 39.7 Å². The number of amides is 2. The molecule has 0 spiro atoms. The Morgan fingerprint density at radius 2 is 1.88 bits per heavy atom. The molecule has 2 aromatic rings. The van der Waals surface area contributed by atoms with Crippen molar-refractivity contribution in [2.24, 2.45) is 5.73 Å². The van der Waals surface area contributed by atoms with Crippen molar-refractivity contribution in [3.63, 3.8) is 0 Å². The van der Waals surface area contributed by atoms with Gasteiger partial charge >= 0.3 is 6.09 Å². The van der Waals surface area contributed by atoms with Gasteiger partial charge < -0.3 is 26.0 Å². The van der Waals surface area contributed by atoms with Gasteiger partial charge in [0.25, 0.3) is 5.91 Å². The zero-order chi connectivity index (χ0) is 24.2. The zero-order valence-electron chi connectivity index (χ0n) is 19.9. The second-order valence-electron chi connectivity index (χ2n) is 9.51.